The molecule has 1 heterocycles. The third-order valence-electron chi connectivity index (χ3n) is 4.31. The average Bonchev–Trinajstić information content (AvgIpc) is 3.27. The van der Waals surface area contributed by atoms with E-state index < -0.39 is 27.7 Å². The van der Waals surface area contributed by atoms with Gasteiger partial charge in [-0.15, -0.1) is 11.3 Å². The summed E-state index contributed by atoms with van der Waals surface area (Å²) in [5, 5.41) is 4.22. The van der Waals surface area contributed by atoms with Gasteiger partial charge >= 0.3 is 6.18 Å². The maximum Gasteiger partial charge on any atom is 0.416 e. The molecule has 0 aliphatic carbocycles. The molecule has 5 nitrogen and oxygen atoms in total. The number of hydrogen-bond acceptors (Lipinski definition) is 4. The number of amides is 1. The Kier molecular flexibility index (Phi) is 6.18. The molecule has 0 saturated carbocycles. The van der Waals surface area contributed by atoms with Crippen molar-refractivity contribution < 1.29 is 26.4 Å². The summed E-state index contributed by atoms with van der Waals surface area (Å²) >= 11 is 1.10. The molecule has 0 spiro atoms. The molecular weight excluding hydrogens is 437 g/mol. The third-order valence-corrected chi connectivity index (χ3v) is 7.47. The van der Waals surface area contributed by atoms with Crippen molar-refractivity contribution in [2.24, 2.45) is 0 Å². The summed E-state index contributed by atoms with van der Waals surface area (Å²) in [6.07, 6.45) is -4.45. The Bertz CT molecular complexity index is 1130. The molecule has 0 radical (unpaired) electrons. The number of benzene rings is 2. The lowest BCUT2D eigenvalue weighted by atomic mass is 10.1. The Labute approximate surface area is 175 Å². The molecule has 0 saturated heterocycles. The Morgan fingerprint density at radius 1 is 1.07 bits per heavy atom. The van der Waals surface area contributed by atoms with Crippen LogP contribution >= 0.6 is 11.3 Å². The third kappa shape index (κ3) is 4.82. The SMILES string of the molecule is CN(c1ccc(C(=O)NCc2cccc(C(F)(F)F)c2)cc1)S(=O)(=O)c1cccs1. The van der Waals surface area contributed by atoms with Crippen LogP contribution in [0.4, 0.5) is 18.9 Å². The molecule has 0 aliphatic rings. The van der Waals surface area contributed by atoms with E-state index in [1.54, 1.807) is 11.4 Å². The average molecular weight is 454 g/mol. The number of nitrogens with zero attached hydrogens (tertiary/aromatic N) is 1. The highest BCUT2D eigenvalue weighted by molar-refractivity contribution is 7.94. The highest BCUT2D eigenvalue weighted by Gasteiger charge is 2.30. The zero-order valence-electron chi connectivity index (χ0n) is 15.7. The largest absolute Gasteiger partial charge is 0.416 e. The summed E-state index contributed by atoms with van der Waals surface area (Å²) in [7, 11) is -2.27. The maximum atomic E-state index is 12.8. The molecule has 0 fully saturated rings. The fourth-order valence-electron chi connectivity index (χ4n) is 2.65. The fourth-order valence-corrected chi connectivity index (χ4v) is 5.01. The van der Waals surface area contributed by atoms with Crippen molar-refractivity contribution in [3.05, 3.63) is 82.7 Å². The molecule has 3 rings (SSSR count). The molecule has 0 unspecified atom stereocenters. The Balaban J connectivity index is 1.67. The second kappa shape index (κ2) is 8.49. The van der Waals surface area contributed by atoms with Gasteiger partial charge in [0.25, 0.3) is 15.9 Å². The molecule has 30 heavy (non-hydrogen) atoms. The summed E-state index contributed by atoms with van der Waals surface area (Å²) in [4.78, 5) is 12.3. The van der Waals surface area contributed by atoms with E-state index in [-0.39, 0.29) is 16.3 Å². The monoisotopic (exact) mass is 454 g/mol. The van der Waals surface area contributed by atoms with Gasteiger partial charge in [-0.3, -0.25) is 9.10 Å². The van der Waals surface area contributed by atoms with E-state index in [0.29, 0.717) is 11.3 Å². The summed E-state index contributed by atoms with van der Waals surface area (Å²) in [5.41, 5.74) is 0.163. The first-order valence-electron chi connectivity index (χ1n) is 8.66. The van der Waals surface area contributed by atoms with Gasteiger partial charge in [-0.05, 0) is 53.4 Å². The Hall–Kier alpha value is -2.85. The molecular formula is C20H17F3N2O3S2. The number of anilines is 1. The molecule has 3 aromatic rings. The summed E-state index contributed by atoms with van der Waals surface area (Å²) < 4.78 is 64.7. The second-order valence-electron chi connectivity index (χ2n) is 6.33. The van der Waals surface area contributed by atoms with Crippen LogP contribution < -0.4 is 9.62 Å². The number of halogens is 3. The van der Waals surface area contributed by atoms with Crippen LogP contribution in [-0.4, -0.2) is 21.4 Å². The van der Waals surface area contributed by atoms with Crippen LogP contribution in [0.5, 0.6) is 0 Å². The van der Waals surface area contributed by atoms with Gasteiger partial charge in [-0.1, -0.05) is 18.2 Å². The molecule has 0 aliphatic heterocycles. The maximum absolute atomic E-state index is 12.8. The normalized spacial score (nSPS) is 11.9. The van der Waals surface area contributed by atoms with E-state index in [9.17, 15) is 26.4 Å². The summed E-state index contributed by atoms with van der Waals surface area (Å²) in [5.74, 6) is -0.484. The Morgan fingerprint density at radius 3 is 2.37 bits per heavy atom. The zero-order chi connectivity index (χ0) is 21.9. The number of rotatable bonds is 6. The highest BCUT2D eigenvalue weighted by atomic mass is 32.2. The van der Waals surface area contributed by atoms with Crippen LogP contribution in [0.15, 0.2) is 70.3 Å². The van der Waals surface area contributed by atoms with Gasteiger partial charge in [0.1, 0.15) is 4.21 Å². The van der Waals surface area contributed by atoms with Crippen LogP contribution in [-0.2, 0) is 22.7 Å². The molecule has 1 amide bonds. The molecule has 1 aromatic heterocycles. The van der Waals surface area contributed by atoms with Crippen molar-refractivity contribution in [3.63, 3.8) is 0 Å². The van der Waals surface area contributed by atoms with Gasteiger partial charge < -0.3 is 5.32 Å². The number of thiophene rings is 1. The van der Waals surface area contributed by atoms with Crippen molar-refractivity contribution in [2.45, 2.75) is 16.9 Å². The molecule has 1 N–H and O–H groups in total. The lowest BCUT2D eigenvalue weighted by molar-refractivity contribution is -0.137. The van der Waals surface area contributed by atoms with Crippen molar-refractivity contribution in [2.75, 3.05) is 11.4 Å². The predicted octanol–water partition coefficient (Wildman–Crippen LogP) is 4.52. The molecule has 2 aromatic carbocycles. The fraction of sp³-hybridized carbons (Fsp3) is 0.150. The summed E-state index contributed by atoms with van der Waals surface area (Å²) in [6.45, 7) is -0.0723. The van der Waals surface area contributed by atoms with E-state index in [0.717, 1.165) is 27.8 Å². The zero-order valence-corrected chi connectivity index (χ0v) is 17.3. The highest BCUT2D eigenvalue weighted by Crippen LogP contribution is 2.29. The number of nitrogens with one attached hydrogen (secondary N) is 1. The van der Waals surface area contributed by atoms with E-state index in [4.69, 9.17) is 0 Å². The first-order chi connectivity index (χ1) is 14.1. The van der Waals surface area contributed by atoms with E-state index in [1.165, 1.54) is 49.5 Å². The number of carbonyl (C=O) groups excluding carboxylic acids is 1. The van der Waals surface area contributed by atoms with Gasteiger partial charge in [0.05, 0.1) is 11.3 Å². The van der Waals surface area contributed by atoms with Crippen molar-refractivity contribution in [1.82, 2.24) is 5.32 Å². The van der Waals surface area contributed by atoms with Gasteiger partial charge in [0.15, 0.2) is 0 Å². The smallest absolute Gasteiger partial charge is 0.348 e. The van der Waals surface area contributed by atoms with Crippen molar-refractivity contribution in [3.8, 4) is 0 Å². The van der Waals surface area contributed by atoms with Crippen molar-refractivity contribution >= 4 is 33.0 Å². The van der Waals surface area contributed by atoms with Crippen LogP contribution in [0.1, 0.15) is 21.5 Å². The number of hydrogen-bond donors (Lipinski definition) is 1. The molecule has 158 valence electrons. The first kappa shape index (κ1) is 21.8. The van der Waals surface area contributed by atoms with E-state index >= 15 is 0 Å². The minimum atomic E-state index is -4.45. The number of alkyl halides is 3. The van der Waals surface area contributed by atoms with E-state index in [2.05, 4.69) is 5.32 Å². The van der Waals surface area contributed by atoms with Gasteiger partial charge in [0, 0.05) is 19.2 Å². The molecule has 0 atom stereocenters. The van der Waals surface area contributed by atoms with Crippen LogP contribution in [0.25, 0.3) is 0 Å². The lowest BCUT2D eigenvalue weighted by Gasteiger charge is -2.18. The topological polar surface area (TPSA) is 66.5 Å². The van der Waals surface area contributed by atoms with Crippen LogP contribution in [0.3, 0.4) is 0 Å². The van der Waals surface area contributed by atoms with Crippen LogP contribution in [0, 0.1) is 0 Å². The van der Waals surface area contributed by atoms with Gasteiger partial charge in [-0.25, -0.2) is 8.42 Å². The minimum absolute atomic E-state index is 0.0723. The second-order valence-corrected chi connectivity index (χ2v) is 9.48. The predicted molar refractivity (Wildman–Crippen MR) is 109 cm³/mol. The van der Waals surface area contributed by atoms with Gasteiger partial charge in [0.2, 0.25) is 0 Å². The number of sulfonamides is 1. The Morgan fingerprint density at radius 2 is 1.77 bits per heavy atom. The first-order valence-corrected chi connectivity index (χ1v) is 11.0. The summed E-state index contributed by atoms with van der Waals surface area (Å²) in [6, 6.07) is 13.8. The lowest BCUT2D eigenvalue weighted by Crippen LogP contribution is -2.26. The van der Waals surface area contributed by atoms with Crippen molar-refractivity contribution in [1.29, 1.82) is 0 Å². The standard InChI is InChI=1S/C20H17F3N2O3S2/c1-25(30(27,28)18-6-3-11-29-18)17-9-7-15(8-10-17)19(26)24-13-14-4-2-5-16(12-14)20(21,22)23/h2-12H,13H2,1H3,(H,24,26). The van der Waals surface area contributed by atoms with Gasteiger partial charge in [-0.2, -0.15) is 13.2 Å². The van der Waals surface area contributed by atoms with E-state index in [1.807, 2.05) is 0 Å². The molecule has 10 heteroatoms. The molecule has 0 bridgehead atoms. The quantitative estimate of drug-likeness (QED) is 0.596. The van der Waals surface area contributed by atoms with Crippen LogP contribution in [0.2, 0.25) is 0 Å². The minimum Gasteiger partial charge on any atom is -0.348 e. The number of carbonyl (C=O) groups is 1.